The van der Waals surface area contributed by atoms with Gasteiger partial charge in [0.25, 0.3) is 0 Å². The van der Waals surface area contributed by atoms with Gasteiger partial charge in [0.05, 0.1) is 31.9 Å². The van der Waals surface area contributed by atoms with Crippen LogP contribution in [0.3, 0.4) is 0 Å². The Morgan fingerprint density at radius 1 is 1.11 bits per heavy atom. The maximum absolute atomic E-state index is 13.2. The van der Waals surface area contributed by atoms with Crippen molar-refractivity contribution in [2.75, 3.05) is 38.3 Å². The van der Waals surface area contributed by atoms with E-state index in [1.165, 1.54) is 15.5 Å². The number of anilines is 1. The summed E-state index contributed by atoms with van der Waals surface area (Å²) in [4.78, 5) is 28.7. The second-order valence-corrected chi connectivity index (χ2v) is 7.49. The monoisotopic (exact) mass is 371 g/mol. The average molecular weight is 371 g/mol. The van der Waals surface area contributed by atoms with Crippen molar-refractivity contribution >= 4 is 17.5 Å². The molecule has 27 heavy (non-hydrogen) atoms. The van der Waals surface area contributed by atoms with Crippen molar-refractivity contribution in [3.05, 3.63) is 36.0 Å². The second kappa shape index (κ2) is 7.82. The number of methoxy groups -OCH3 is 1. The molecule has 1 aromatic rings. The Bertz CT molecular complexity index is 737. The largest absolute Gasteiger partial charge is 0.497 e. The van der Waals surface area contributed by atoms with E-state index in [-0.39, 0.29) is 23.7 Å². The number of allylic oxidation sites excluding steroid dienone is 2. The van der Waals surface area contributed by atoms with E-state index >= 15 is 0 Å². The van der Waals surface area contributed by atoms with Gasteiger partial charge < -0.3 is 14.4 Å². The summed E-state index contributed by atoms with van der Waals surface area (Å²) in [6.45, 7) is 3.41. The first-order valence-electron chi connectivity index (χ1n) is 9.82. The number of nitrogens with one attached hydrogen (secondary N) is 1. The molecule has 0 saturated carbocycles. The Morgan fingerprint density at radius 3 is 2.56 bits per heavy atom. The number of morpholine rings is 1. The van der Waals surface area contributed by atoms with Crippen molar-refractivity contribution in [1.29, 1.82) is 0 Å². The van der Waals surface area contributed by atoms with E-state index < -0.39 is 0 Å². The van der Waals surface area contributed by atoms with Gasteiger partial charge in [-0.05, 0) is 49.6 Å². The van der Waals surface area contributed by atoms with Crippen LogP contribution in [0.25, 0.3) is 0 Å². The Labute approximate surface area is 159 Å². The highest BCUT2D eigenvalue weighted by atomic mass is 16.5. The van der Waals surface area contributed by atoms with Crippen LogP contribution in [-0.2, 0) is 14.3 Å². The molecule has 0 bridgehead atoms. The molecule has 4 rings (SSSR count). The van der Waals surface area contributed by atoms with Gasteiger partial charge in [-0.3, -0.25) is 14.5 Å². The van der Waals surface area contributed by atoms with Crippen LogP contribution in [0.2, 0.25) is 0 Å². The highest BCUT2D eigenvalue weighted by Crippen LogP contribution is 2.37. The summed E-state index contributed by atoms with van der Waals surface area (Å²) in [5.74, 6) is 0.462. The van der Waals surface area contributed by atoms with E-state index in [0.29, 0.717) is 17.9 Å². The fourth-order valence-corrected chi connectivity index (χ4v) is 4.61. The Hall–Kier alpha value is -2.18. The van der Waals surface area contributed by atoms with Gasteiger partial charge in [0.2, 0.25) is 11.8 Å². The molecular formula is C21H27N2O4+. The van der Waals surface area contributed by atoms with E-state index in [9.17, 15) is 9.59 Å². The zero-order valence-corrected chi connectivity index (χ0v) is 15.8. The topological polar surface area (TPSA) is 60.3 Å². The summed E-state index contributed by atoms with van der Waals surface area (Å²) >= 11 is 0. The molecule has 0 aromatic heterocycles. The van der Waals surface area contributed by atoms with Crippen LogP contribution in [0, 0.1) is 11.8 Å². The lowest BCUT2D eigenvalue weighted by atomic mass is 9.80. The molecule has 2 aliphatic heterocycles. The number of carbonyl (C=O) groups excluding carboxylic acids is 2. The van der Waals surface area contributed by atoms with Crippen LogP contribution in [0.5, 0.6) is 5.75 Å². The van der Waals surface area contributed by atoms with Crippen LogP contribution in [0.1, 0.15) is 25.7 Å². The highest BCUT2D eigenvalue weighted by molar-refractivity contribution is 6.21. The van der Waals surface area contributed by atoms with Crippen LogP contribution in [-0.4, -0.2) is 45.2 Å². The average Bonchev–Trinajstić information content (AvgIpc) is 3.02. The molecular weight excluding hydrogens is 344 g/mol. The third-order valence-electron chi connectivity index (χ3n) is 5.99. The lowest BCUT2D eigenvalue weighted by molar-refractivity contribution is -0.874. The smallest absolute Gasteiger partial charge is 0.238 e. The molecule has 3 aliphatic rings. The molecule has 144 valence electrons. The predicted molar refractivity (Wildman–Crippen MR) is 101 cm³/mol. The van der Waals surface area contributed by atoms with Crippen molar-refractivity contribution in [1.82, 2.24) is 0 Å². The number of benzene rings is 1. The number of hydrogen-bond donors (Lipinski definition) is 1. The van der Waals surface area contributed by atoms with Gasteiger partial charge in [-0.1, -0.05) is 0 Å². The number of amides is 2. The minimum absolute atomic E-state index is 0.0596. The van der Waals surface area contributed by atoms with E-state index in [1.807, 2.05) is 0 Å². The second-order valence-electron chi connectivity index (χ2n) is 7.49. The third kappa shape index (κ3) is 3.51. The number of nitrogens with zero attached hydrogens (tertiary/aromatic N) is 1. The zero-order valence-electron chi connectivity index (χ0n) is 15.8. The van der Waals surface area contributed by atoms with Gasteiger partial charge in [0, 0.05) is 12.3 Å². The van der Waals surface area contributed by atoms with E-state index in [0.717, 1.165) is 45.6 Å². The molecule has 2 atom stereocenters. The molecule has 6 nitrogen and oxygen atoms in total. The molecule has 1 N–H and O–H groups in total. The van der Waals surface area contributed by atoms with Crippen LogP contribution >= 0.6 is 0 Å². The lowest BCUT2D eigenvalue weighted by Gasteiger charge is -2.34. The van der Waals surface area contributed by atoms with E-state index in [2.05, 4.69) is 6.08 Å². The minimum atomic E-state index is -0.249. The summed E-state index contributed by atoms with van der Waals surface area (Å²) in [6, 6.07) is 7.13. The summed E-state index contributed by atoms with van der Waals surface area (Å²) in [7, 11) is 1.60. The zero-order chi connectivity index (χ0) is 18.8. The molecule has 1 aliphatic carbocycles. The third-order valence-corrected chi connectivity index (χ3v) is 5.99. The first-order valence-corrected chi connectivity index (χ1v) is 9.82. The van der Waals surface area contributed by atoms with Gasteiger partial charge in [-0.25, -0.2) is 0 Å². The van der Waals surface area contributed by atoms with Crippen LogP contribution < -0.4 is 14.5 Å². The first kappa shape index (κ1) is 18.2. The SMILES string of the molecule is COc1ccc(N2C(=O)C[C@@H]([C@H]3CCCC=C3[NH+]3CCOCC3)C2=O)cc1. The van der Waals surface area contributed by atoms with Crippen molar-refractivity contribution in [3.63, 3.8) is 0 Å². The standard InChI is InChI=1S/C21H26N2O4/c1-26-16-8-6-15(7-9-16)23-20(24)14-18(21(23)25)17-4-2-3-5-19(17)22-10-12-27-13-11-22/h5-9,17-18H,2-4,10-14H2,1H3/p+1/t17-,18+/m1/s1. The Morgan fingerprint density at radius 2 is 1.85 bits per heavy atom. The molecule has 2 heterocycles. The van der Waals surface area contributed by atoms with Gasteiger partial charge in [0.1, 0.15) is 24.5 Å². The molecule has 0 unspecified atom stereocenters. The van der Waals surface area contributed by atoms with Gasteiger partial charge >= 0.3 is 0 Å². The molecule has 0 radical (unpaired) electrons. The highest BCUT2D eigenvalue weighted by Gasteiger charge is 2.47. The van der Waals surface area contributed by atoms with Crippen molar-refractivity contribution in [3.8, 4) is 5.75 Å². The molecule has 2 fully saturated rings. The van der Waals surface area contributed by atoms with Crippen molar-refractivity contribution in [2.24, 2.45) is 11.8 Å². The summed E-state index contributed by atoms with van der Waals surface area (Å²) < 4.78 is 10.7. The maximum Gasteiger partial charge on any atom is 0.238 e. The fourth-order valence-electron chi connectivity index (χ4n) is 4.61. The number of hydrogen-bond acceptors (Lipinski definition) is 4. The molecule has 2 amide bonds. The van der Waals surface area contributed by atoms with Crippen molar-refractivity contribution in [2.45, 2.75) is 25.7 Å². The lowest BCUT2D eigenvalue weighted by Crippen LogP contribution is -3.13. The van der Waals surface area contributed by atoms with Gasteiger partial charge in [-0.2, -0.15) is 0 Å². The minimum Gasteiger partial charge on any atom is -0.497 e. The van der Waals surface area contributed by atoms with E-state index in [4.69, 9.17) is 9.47 Å². The molecule has 1 aromatic carbocycles. The van der Waals surface area contributed by atoms with E-state index in [1.54, 1.807) is 31.4 Å². The van der Waals surface area contributed by atoms with Gasteiger partial charge in [0.15, 0.2) is 0 Å². The number of rotatable bonds is 4. The number of carbonyl (C=O) groups is 2. The number of ether oxygens (including phenoxy) is 2. The predicted octanol–water partition coefficient (Wildman–Crippen LogP) is 1.17. The van der Waals surface area contributed by atoms with Gasteiger partial charge in [-0.15, -0.1) is 0 Å². The first-order chi connectivity index (χ1) is 13.2. The maximum atomic E-state index is 13.2. The molecule has 2 saturated heterocycles. The fraction of sp³-hybridized carbons (Fsp3) is 0.524. The van der Waals surface area contributed by atoms with Crippen molar-refractivity contribution < 1.29 is 24.0 Å². The molecule has 6 heteroatoms. The summed E-state index contributed by atoms with van der Waals surface area (Å²) in [6.07, 6.45) is 5.74. The van der Waals surface area contributed by atoms with Crippen LogP contribution in [0.15, 0.2) is 36.0 Å². The normalized spacial score (nSPS) is 27.0. The quantitative estimate of drug-likeness (QED) is 0.808. The number of quaternary nitrogens is 1. The Balaban J connectivity index is 1.56. The summed E-state index contributed by atoms with van der Waals surface area (Å²) in [5.41, 5.74) is 1.96. The van der Waals surface area contributed by atoms with Crippen LogP contribution in [0.4, 0.5) is 5.69 Å². The summed E-state index contributed by atoms with van der Waals surface area (Å²) in [5, 5.41) is 0. The molecule has 0 spiro atoms. The number of imide groups is 1. The Kier molecular flexibility index (Phi) is 5.27.